The zero-order chi connectivity index (χ0) is 9.97. The molecule has 4 heteroatoms. The minimum absolute atomic E-state index is 0.558. The number of hydrogen-bond donors (Lipinski definition) is 2. The molecule has 0 aliphatic heterocycles. The number of nitrogens with zero attached hydrogens (tertiary/aromatic N) is 1. The molecule has 14 heavy (non-hydrogen) atoms. The van der Waals surface area contributed by atoms with Crippen LogP contribution in [0.5, 0.6) is 5.75 Å². The van der Waals surface area contributed by atoms with Crippen LogP contribution in [0.4, 0.5) is 5.82 Å². The number of benzene rings is 1. The Bertz CT molecular complexity index is 436. The first-order valence-electron chi connectivity index (χ1n) is 4.24. The molecule has 0 bridgehead atoms. The first-order valence-corrected chi connectivity index (χ1v) is 4.24. The fourth-order valence-corrected chi connectivity index (χ4v) is 1.25. The summed E-state index contributed by atoms with van der Waals surface area (Å²) in [7, 11) is 1.63. The van der Waals surface area contributed by atoms with Crippen LogP contribution >= 0.6 is 0 Å². The number of nitrogen functional groups attached to an aromatic ring is 1. The largest absolute Gasteiger partial charge is 0.497 e. The van der Waals surface area contributed by atoms with E-state index in [0.29, 0.717) is 5.82 Å². The predicted molar refractivity (Wildman–Crippen MR) is 55.0 cm³/mol. The monoisotopic (exact) mass is 189 g/mol. The molecule has 0 spiro atoms. The molecule has 0 radical (unpaired) electrons. The Morgan fingerprint density at radius 1 is 1.43 bits per heavy atom. The lowest BCUT2D eigenvalue weighted by molar-refractivity contribution is 0.415. The summed E-state index contributed by atoms with van der Waals surface area (Å²) in [5, 5.41) is 0. The minimum Gasteiger partial charge on any atom is -0.497 e. The summed E-state index contributed by atoms with van der Waals surface area (Å²) < 4.78 is 5.11. The molecule has 2 aromatic rings. The average Bonchev–Trinajstić information content (AvgIpc) is 2.65. The van der Waals surface area contributed by atoms with E-state index in [-0.39, 0.29) is 0 Å². The molecule has 0 aliphatic carbocycles. The molecule has 1 heterocycles. The summed E-state index contributed by atoms with van der Waals surface area (Å²) in [6.45, 7) is 0. The molecule has 72 valence electrons. The summed E-state index contributed by atoms with van der Waals surface area (Å²) in [5.74, 6) is 2.11. The van der Waals surface area contributed by atoms with Crippen molar-refractivity contribution in [1.82, 2.24) is 9.97 Å². The fourth-order valence-electron chi connectivity index (χ4n) is 1.25. The van der Waals surface area contributed by atoms with Gasteiger partial charge in [0, 0.05) is 5.56 Å². The number of aromatic amines is 1. The van der Waals surface area contributed by atoms with Gasteiger partial charge in [-0.05, 0) is 12.1 Å². The maximum Gasteiger partial charge on any atom is 0.139 e. The Morgan fingerprint density at radius 2 is 2.29 bits per heavy atom. The molecule has 2 rings (SSSR count). The third-order valence-electron chi connectivity index (χ3n) is 1.94. The summed E-state index contributed by atoms with van der Waals surface area (Å²) in [6.07, 6.45) is 1.59. The van der Waals surface area contributed by atoms with Gasteiger partial charge in [-0.2, -0.15) is 0 Å². The predicted octanol–water partition coefficient (Wildman–Crippen LogP) is 1.67. The average molecular weight is 189 g/mol. The SMILES string of the molecule is COc1cccc(-c2ncc(N)[nH]2)c1. The highest BCUT2D eigenvalue weighted by atomic mass is 16.5. The third kappa shape index (κ3) is 1.54. The molecular formula is C10H11N3O. The van der Waals surface area contributed by atoms with Crippen LogP contribution in [0.3, 0.4) is 0 Å². The van der Waals surface area contributed by atoms with Crippen molar-refractivity contribution in [2.24, 2.45) is 0 Å². The van der Waals surface area contributed by atoms with Gasteiger partial charge in [-0.1, -0.05) is 12.1 Å². The highest BCUT2D eigenvalue weighted by molar-refractivity contribution is 5.59. The van der Waals surface area contributed by atoms with Crippen molar-refractivity contribution in [3.8, 4) is 17.1 Å². The number of ether oxygens (including phenoxy) is 1. The van der Waals surface area contributed by atoms with E-state index in [1.54, 1.807) is 13.3 Å². The zero-order valence-electron chi connectivity index (χ0n) is 7.82. The first-order chi connectivity index (χ1) is 6.79. The van der Waals surface area contributed by atoms with Crippen LogP contribution in [0.1, 0.15) is 0 Å². The second-order valence-electron chi connectivity index (χ2n) is 2.92. The Kier molecular flexibility index (Phi) is 2.10. The maximum atomic E-state index is 5.54. The van der Waals surface area contributed by atoms with Gasteiger partial charge >= 0.3 is 0 Å². The normalized spacial score (nSPS) is 10.1. The highest BCUT2D eigenvalue weighted by Crippen LogP contribution is 2.21. The Balaban J connectivity index is 2.41. The van der Waals surface area contributed by atoms with Crippen molar-refractivity contribution in [3.63, 3.8) is 0 Å². The van der Waals surface area contributed by atoms with Gasteiger partial charge in [-0.15, -0.1) is 0 Å². The summed E-state index contributed by atoms with van der Waals surface area (Å²) in [5.41, 5.74) is 6.50. The molecule has 0 fully saturated rings. The second-order valence-corrected chi connectivity index (χ2v) is 2.92. The van der Waals surface area contributed by atoms with Crippen molar-refractivity contribution < 1.29 is 4.74 Å². The van der Waals surface area contributed by atoms with Gasteiger partial charge in [0.2, 0.25) is 0 Å². The van der Waals surface area contributed by atoms with E-state index < -0.39 is 0 Å². The smallest absolute Gasteiger partial charge is 0.139 e. The van der Waals surface area contributed by atoms with Gasteiger partial charge in [0.25, 0.3) is 0 Å². The second kappa shape index (κ2) is 3.41. The van der Waals surface area contributed by atoms with E-state index in [4.69, 9.17) is 10.5 Å². The summed E-state index contributed by atoms with van der Waals surface area (Å²) >= 11 is 0. The van der Waals surface area contributed by atoms with Gasteiger partial charge in [0.05, 0.1) is 13.3 Å². The van der Waals surface area contributed by atoms with E-state index >= 15 is 0 Å². The number of anilines is 1. The molecular weight excluding hydrogens is 178 g/mol. The molecule has 0 unspecified atom stereocenters. The van der Waals surface area contributed by atoms with E-state index in [1.807, 2.05) is 24.3 Å². The number of imidazole rings is 1. The number of methoxy groups -OCH3 is 1. The summed E-state index contributed by atoms with van der Waals surface area (Å²) in [4.78, 5) is 7.08. The minimum atomic E-state index is 0.558. The molecule has 0 saturated carbocycles. The van der Waals surface area contributed by atoms with Gasteiger partial charge in [-0.3, -0.25) is 0 Å². The van der Waals surface area contributed by atoms with E-state index in [1.165, 1.54) is 0 Å². The van der Waals surface area contributed by atoms with Gasteiger partial charge in [0.1, 0.15) is 17.4 Å². The maximum absolute atomic E-state index is 5.54. The molecule has 4 nitrogen and oxygen atoms in total. The molecule has 1 aromatic heterocycles. The number of hydrogen-bond acceptors (Lipinski definition) is 3. The van der Waals surface area contributed by atoms with Crippen molar-refractivity contribution in [1.29, 1.82) is 0 Å². The summed E-state index contributed by atoms with van der Waals surface area (Å²) in [6, 6.07) is 7.64. The third-order valence-corrected chi connectivity index (χ3v) is 1.94. The van der Waals surface area contributed by atoms with Crippen LogP contribution in [0.15, 0.2) is 30.5 Å². The van der Waals surface area contributed by atoms with Crippen molar-refractivity contribution in [2.45, 2.75) is 0 Å². The van der Waals surface area contributed by atoms with Crippen LogP contribution in [0.2, 0.25) is 0 Å². The van der Waals surface area contributed by atoms with Gasteiger partial charge in [-0.25, -0.2) is 4.98 Å². The van der Waals surface area contributed by atoms with E-state index in [0.717, 1.165) is 17.1 Å². The van der Waals surface area contributed by atoms with Crippen LogP contribution in [0.25, 0.3) is 11.4 Å². The Hall–Kier alpha value is -1.97. The van der Waals surface area contributed by atoms with E-state index in [2.05, 4.69) is 9.97 Å². The zero-order valence-corrected chi connectivity index (χ0v) is 7.82. The molecule has 3 N–H and O–H groups in total. The van der Waals surface area contributed by atoms with Gasteiger partial charge < -0.3 is 15.5 Å². The number of rotatable bonds is 2. The number of nitrogens with one attached hydrogen (secondary N) is 1. The highest BCUT2D eigenvalue weighted by Gasteiger charge is 2.02. The quantitative estimate of drug-likeness (QED) is 0.755. The Morgan fingerprint density at radius 3 is 2.93 bits per heavy atom. The lowest BCUT2D eigenvalue weighted by Gasteiger charge is -2.01. The molecule has 0 saturated heterocycles. The van der Waals surface area contributed by atoms with Crippen LogP contribution < -0.4 is 10.5 Å². The first kappa shape index (κ1) is 8.62. The number of nitrogens with two attached hydrogens (primary N) is 1. The topological polar surface area (TPSA) is 63.9 Å². The Labute approximate surface area is 81.7 Å². The van der Waals surface area contributed by atoms with Crippen molar-refractivity contribution in [3.05, 3.63) is 30.5 Å². The van der Waals surface area contributed by atoms with Crippen molar-refractivity contribution >= 4 is 5.82 Å². The van der Waals surface area contributed by atoms with Crippen LogP contribution in [-0.4, -0.2) is 17.1 Å². The fraction of sp³-hybridized carbons (Fsp3) is 0.100. The number of H-pyrrole nitrogens is 1. The number of aromatic nitrogens is 2. The lowest BCUT2D eigenvalue weighted by atomic mass is 10.2. The molecule has 1 aromatic carbocycles. The molecule has 0 amide bonds. The molecule has 0 aliphatic rings. The molecule has 0 atom stereocenters. The van der Waals surface area contributed by atoms with Crippen LogP contribution in [0, 0.1) is 0 Å². The standard InChI is InChI=1S/C10H11N3O/c1-14-8-4-2-3-7(5-8)10-12-6-9(11)13-10/h2-6H,11H2,1H3,(H,12,13). The van der Waals surface area contributed by atoms with E-state index in [9.17, 15) is 0 Å². The van der Waals surface area contributed by atoms with Gasteiger partial charge in [0.15, 0.2) is 0 Å². The van der Waals surface area contributed by atoms with Crippen LogP contribution in [-0.2, 0) is 0 Å². The lowest BCUT2D eigenvalue weighted by Crippen LogP contribution is -1.86. The van der Waals surface area contributed by atoms with Crippen molar-refractivity contribution in [2.75, 3.05) is 12.8 Å².